The molecule has 0 bridgehead atoms. The quantitative estimate of drug-likeness (QED) is 0.843. The Morgan fingerprint density at radius 1 is 1.47 bits per heavy atom. The molecule has 0 atom stereocenters. The average molecular weight is 253 g/mol. The minimum absolute atomic E-state index is 0.525. The van der Waals surface area contributed by atoms with Crippen LogP contribution >= 0.6 is 11.8 Å². The van der Waals surface area contributed by atoms with Gasteiger partial charge >= 0.3 is 0 Å². The largest absolute Gasteiger partial charge is 0.468 e. The predicted octanol–water partition coefficient (Wildman–Crippen LogP) is 2.46. The van der Waals surface area contributed by atoms with Crippen LogP contribution in [0, 0.1) is 6.92 Å². The summed E-state index contributed by atoms with van der Waals surface area (Å²) < 4.78 is 10.3. The Balaban J connectivity index is 2.01. The van der Waals surface area contributed by atoms with Crippen molar-refractivity contribution >= 4 is 11.8 Å². The fourth-order valence-corrected chi connectivity index (χ4v) is 2.04. The Morgan fingerprint density at radius 2 is 2.24 bits per heavy atom. The van der Waals surface area contributed by atoms with Gasteiger partial charge in [0.25, 0.3) is 0 Å². The van der Waals surface area contributed by atoms with Crippen molar-refractivity contribution in [3.05, 3.63) is 29.8 Å². The molecule has 2 N–H and O–H groups in total. The van der Waals surface area contributed by atoms with Crippen LogP contribution in [0.2, 0.25) is 0 Å². The molecule has 2 heterocycles. The standard InChI is InChI=1S/C11H15N3O2S/c1-7-8(4-5-15-7)17-6-9-13-10(14-16-9)11(2,3)12/h4-5H,6,12H2,1-3H3. The summed E-state index contributed by atoms with van der Waals surface area (Å²) in [5.41, 5.74) is 5.31. The highest BCUT2D eigenvalue weighted by Gasteiger charge is 2.21. The van der Waals surface area contributed by atoms with Crippen LogP contribution in [0.5, 0.6) is 0 Å². The molecule has 0 amide bonds. The average Bonchev–Trinajstić information content (AvgIpc) is 2.82. The summed E-state index contributed by atoms with van der Waals surface area (Å²) in [6.45, 7) is 5.61. The number of aryl methyl sites for hydroxylation is 1. The van der Waals surface area contributed by atoms with Crippen LogP contribution in [-0.2, 0) is 11.3 Å². The van der Waals surface area contributed by atoms with E-state index in [0.29, 0.717) is 17.5 Å². The van der Waals surface area contributed by atoms with E-state index in [2.05, 4.69) is 10.1 Å². The summed E-state index contributed by atoms with van der Waals surface area (Å²) >= 11 is 1.60. The monoisotopic (exact) mass is 253 g/mol. The number of nitrogens with two attached hydrogens (primary N) is 1. The number of thioether (sulfide) groups is 1. The molecule has 0 aromatic carbocycles. The van der Waals surface area contributed by atoms with Crippen LogP contribution in [0.4, 0.5) is 0 Å². The first kappa shape index (κ1) is 12.2. The van der Waals surface area contributed by atoms with Gasteiger partial charge in [-0.2, -0.15) is 4.98 Å². The Morgan fingerprint density at radius 3 is 2.76 bits per heavy atom. The van der Waals surface area contributed by atoms with Crippen LogP contribution in [0.25, 0.3) is 0 Å². The lowest BCUT2D eigenvalue weighted by molar-refractivity contribution is 0.370. The number of aromatic nitrogens is 2. The lowest BCUT2D eigenvalue weighted by Crippen LogP contribution is -2.30. The van der Waals surface area contributed by atoms with Gasteiger partial charge in [-0.05, 0) is 26.8 Å². The zero-order chi connectivity index (χ0) is 12.5. The number of furan rings is 1. The number of rotatable bonds is 4. The molecule has 0 saturated heterocycles. The minimum Gasteiger partial charge on any atom is -0.468 e. The van der Waals surface area contributed by atoms with Crippen LogP contribution < -0.4 is 5.73 Å². The third-order valence-corrected chi connectivity index (χ3v) is 3.33. The van der Waals surface area contributed by atoms with Gasteiger partial charge in [-0.3, -0.25) is 0 Å². The lowest BCUT2D eigenvalue weighted by Gasteiger charge is -2.11. The van der Waals surface area contributed by atoms with E-state index in [4.69, 9.17) is 14.7 Å². The van der Waals surface area contributed by atoms with Crippen molar-refractivity contribution in [3.8, 4) is 0 Å². The zero-order valence-corrected chi connectivity index (χ0v) is 10.9. The predicted molar refractivity (Wildman–Crippen MR) is 64.5 cm³/mol. The maximum absolute atomic E-state index is 5.88. The van der Waals surface area contributed by atoms with Gasteiger partial charge in [-0.1, -0.05) is 5.16 Å². The summed E-state index contributed by atoms with van der Waals surface area (Å²) in [6, 6.07) is 1.92. The van der Waals surface area contributed by atoms with Gasteiger partial charge in [0, 0.05) is 4.90 Å². The third kappa shape index (κ3) is 2.89. The van der Waals surface area contributed by atoms with Gasteiger partial charge in [-0.15, -0.1) is 11.8 Å². The van der Waals surface area contributed by atoms with E-state index in [1.807, 2.05) is 26.8 Å². The molecule has 0 aliphatic heterocycles. The maximum atomic E-state index is 5.88. The highest BCUT2D eigenvalue weighted by molar-refractivity contribution is 7.98. The first-order valence-corrected chi connectivity index (χ1v) is 6.24. The number of nitrogens with zero attached hydrogens (tertiary/aromatic N) is 2. The van der Waals surface area contributed by atoms with E-state index in [9.17, 15) is 0 Å². The minimum atomic E-state index is -0.571. The molecule has 0 aliphatic carbocycles. The van der Waals surface area contributed by atoms with Crippen LogP contribution in [0.15, 0.2) is 26.2 Å². The van der Waals surface area contributed by atoms with Crippen LogP contribution in [0.1, 0.15) is 31.3 Å². The maximum Gasteiger partial charge on any atom is 0.237 e. The van der Waals surface area contributed by atoms with E-state index >= 15 is 0 Å². The summed E-state index contributed by atoms with van der Waals surface area (Å²) in [7, 11) is 0. The van der Waals surface area contributed by atoms with Gasteiger partial charge in [-0.25, -0.2) is 0 Å². The molecule has 0 fully saturated rings. The van der Waals surface area contributed by atoms with Crippen molar-refractivity contribution in [2.24, 2.45) is 5.73 Å². The topological polar surface area (TPSA) is 78.1 Å². The van der Waals surface area contributed by atoms with Crippen molar-refractivity contribution in [2.75, 3.05) is 0 Å². The fourth-order valence-electron chi connectivity index (χ4n) is 1.24. The summed E-state index contributed by atoms with van der Waals surface area (Å²) in [5, 5.41) is 3.86. The molecule has 2 aromatic heterocycles. The SMILES string of the molecule is Cc1occc1SCc1nc(C(C)(C)N)no1. The molecule has 0 aliphatic rings. The molecule has 6 heteroatoms. The first-order chi connectivity index (χ1) is 7.97. The van der Waals surface area contributed by atoms with Crippen LogP contribution in [-0.4, -0.2) is 10.1 Å². The Hall–Kier alpha value is -1.27. The number of hydrogen-bond acceptors (Lipinski definition) is 6. The van der Waals surface area contributed by atoms with Crippen molar-refractivity contribution in [3.63, 3.8) is 0 Å². The zero-order valence-electron chi connectivity index (χ0n) is 10.1. The molecule has 2 aromatic rings. The van der Waals surface area contributed by atoms with E-state index in [-0.39, 0.29) is 0 Å². The van der Waals surface area contributed by atoms with Gasteiger partial charge in [0.2, 0.25) is 5.89 Å². The van der Waals surface area contributed by atoms with Crippen molar-refractivity contribution in [1.29, 1.82) is 0 Å². The van der Waals surface area contributed by atoms with E-state index in [0.717, 1.165) is 10.7 Å². The second kappa shape index (κ2) is 4.54. The Labute approximate surface area is 104 Å². The van der Waals surface area contributed by atoms with Gasteiger partial charge in [0.05, 0.1) is 17.6 Å². The molecule has 0 unspecified atom stereocenters. The summed E-state index contributed by atoms with van der Waals surface area (Å²) in [5.74, 6) is 2.61. The first-order valence-electron chi connectivity index (χ1n) is 5.25. The molecule has 2 rings (SSSR count). The second-order valence-electron chi connectivity index (χ2n) is 4.36. The number of hydrogen-bond donors (Lipinski definition) is 1. The van der Waals surface area contributed by atoms with Gasteiger partial charge in [0.1, 0.15) is 5.76 Å². The highest BCUT2D eigenvalue weighted by Crippen LogP contribution is 2.26. The molecule has 0 spiro atoms. The Bertz CT molecular complexity index is 499. The van der Waals surface area contributed by atoms with E-state index < -0.39 is 5.54 Å². The van der Waals surface area contributed by atoms with Crippen molar-refractivity contribution in [2.45, 2.75) is 37.0 Å². The smallest absolute Gasteiger partial charge is 0.237 e. The third-order valence-electron chi connectivity index (χ3n) is 2.21. The summed E-state index contributed by atoms with van der Waals surface area (Å²) in [4.78, 5) is 5.34. The molecule has 0 radical (unpaired) electrons. The summed E-state index contributed by atoms with van der Waals surface area (Å²) in [6.07, 6.45) is 1.67. The van der Waals surface area contributed by atoms with Gasteiger partial charge in [0.15, 0.2) is 5.82 Å². The van der Waals surface area contributed by atoms with Crippen LogP contribution in [0.3, 0.4) is 0 Å². The Kier molecular flexibility index (Phi) is 3.26. The molecular weight excluding hydrogens is 238 g/mol. The molecule has 5 nitrogen and oxygen atoms in total. The van der Waals surface area contributed by atoms with E-state index in [1.165, 1.54) is 0 Å². The van der Waals surface area contributed by atoms with Gasteiger partial charge < -0.3 is 14.7 Å². The van der Waals surface area contributed by atoms with Crippen molar-refractivity contribution in [1.82, 2.24) is 10.1 Å². The fraction of sp³-hybridized carbons (Fsp3) is 0.455. The van der Waals surface area contributed by atoms with Crippen molar-refractivity contribution < 1.29 is 8.94 Å². The highest BCUT2D eigenvalue weighted by atomic mass is 32.2. The van der Waals surface area contributed by atoms with E-state index in [1.54, 1.807) is 18.0 Å². The lowest BCUT2D eigenvalue weighted by atomic mass is 10.1. The molecule has 17 heavy (non-hydrogen) atoms. The molecular formula is C11H15N3O2S. The molecule has 92 valence electrons. The molecule has 0 saturated carbocycles. The second-order valence-corrected chi connectivity index (χ2v) is 5.38. The normalized spacial score (nSPS) is 12.0.